The number of alkyl halides is 3. The third kappa shape index (κ3) is 4.62. The molecule has 0 amide bonds. The number of methoxy groups -OCH3 is 1. The molecule has 0 saturated carbocycles. The van der Waals surface area contributed by atoms with Crippen molar-refractivity contribution in [3.63, 3.8) is 0 Å². The Labute approximate surface area is 166 Å². The maximum Gasteiger partial charge on any atom is 0.435 e. The number of hydrogen-bond acceptors (Lipinski definition) is 8. The number of halogens is 3. The molecular formula is C16H13F3N4O4S2. The largest absolute Gasteiger partial charge is 0.468 e. The lowest BCUT2D eigenvalue weighted by Gasteiger charge is -2.03. The highest BCUT2D eigenvalue weighted by molar-refractivity contribution is 7.90. The van der Waals surface area contributed by atoms with Crippen molar-refractivity contribution in [1.82, 2.24) is 20.0 Å². The van der Waals surface area contributed by atoms with E-state index in [0.717, 1.165) is 35.5 Å². The lowest BCUT2D eigenvalue weighted by molar-refractivity contribution is -0.144. The van der Waals surface area contributed by atoms with Crippen LogP contribution in [0.25, 0.3) is 21.3 Å². The molecule has 0 aliphatic heterocycles. The highest BCUT2D eigenvalue weighted by Gasteiger charge is 2.36. The van der Waals surface area contributed by atoms with Gasteiger partial charge in [-0.1, -0.05) is 23.5 Å². The SMILES string of the molecule is COC(=O)Cn1nc(C(F)(F)F)cc1-c1nnc(-c2cccc(S(C)(=O)=O)c2)s1. The summed E-state index contributed by atoms with van der Waals surface area (Å²) in [6.07, 6.45) is -3.66. The summed E-state index contributed by atoms with van der Waals surface area (Å²) < 4.78 is 68.0. The van der Waals surface area contributed by atoms with Crippen molar-refractivity contribution >= 4 is 27.1 Å². The van der Waals surface area contributed by atoms with Crippen molar-refractivity contribution in [3.05, 3.63) is 36.0 Å². The Morgan fingerprint density at radius 3 is 2.52 bits per heavy atom. The van der Waals surface area contributed by atoms with Gasteiger partial charge in [0.2, 0.25) is 0 Å². The molecule has 0 spiro atoms. The third-order valence-electron chi connectivity index (χ3n) is 3.73. The average molecular weight is 446 g/mol. The Morgan fingerprint density at radius 2 is 1.90 bits per heavy atom. The summed E-state index contributed by atoms with van der Waals surface area (Å²) in [5, 5.41) is 11.6. The van der Waals surface area contributed by atoms with E-state index in [2.05, 4.69) is 20.0 Å². The molecule has 2 heterocycles. The Kier molecular flexibility index (Phi) is 5.45. The molecule has 0 saturated heterocycles. The summed E-state index contributed by atoms with van der Waals surface area (Å²) in [7, 11) is -2.34. The third-order valence-corrected chi connectivity index (χ3v) is 5.84. The number of ether oxygens (including phenoxy) is 1. The van der Waals surface area contributed by atoms with Gasteiger partial charge in [0.25, 0.3) is 0 Å². The van der Waals surface area contributed by atoms with Gasteiger partial charge >= 0.3 is 12.1 Å². The van der Waals surface area contributed by atoms with Crippen LogP contribution in [0.3, 0.4) is 0 Å². The maximum absolute atomic E-state index is 13.1. The first kappa shape index (κ1) is 20.9. The first-order valence-corrected chi connectivity index (χ1v) is 10.6. The molecule has 3 rings (SSSR count). The van der Waals surface area contributed by atoms with E-state index < -0.39 is 34.2 Å². The van der Waals surface area contributed by atoms with E-state index in [-0.39, 0.29) is 15.6 Å². The van der Waals surface area contributed by atoms with E-state index in [0.29, 0.717) is 10.6 Å². The van der Waals surface area contributed by atoms with Gasteiger partial charge in [0.1, 0.15) is 17.2 Å². The van der Waals surface area contributed by atoms with Crippen LogP contribution in [0.4, 0.5) is 13.2 Å². The number of benzene rings is 1. The summed E-state index contributed by atoms with van der Waals surface area (Å²) in [6.45, 7) is -0.541. The van der Waals surface area contributed by atoms with Crippen LogP contribution in [-0.4, -0.2) is 47.7 Å². The monoisotopic (exact) mass is 446 g/mol. The topological polar surface area (TPSA) is 104 Å². The highest BCUT2D eigenvalue weighted by Crippen LogP contribution is 2.35. The van der Waals surface area contributed by atoms with Crippen molar-refractivity contribution in [1.29, 1.82) is 0 Å². The number of carbonyl (C=O) groups excluding carboxylic acids is 1. The number of esters is 1. The quantitative estimate of drug-likeness (QED) is 0.555. The minimum atomic E-state index is -4.71. The Bertz CT molecular complexity index is 1170. The van der Waals surface area contributed by atoms with Crippen LogP contribution in [-0.2, 0) is 32.1 Å². The van der Waals surface area contributed by atoms with E-state index in [9.17, 15) is 26.4 Å². The second-order valence-corrected chi connectivity index (χ2v) is 8.85. The van der Waals surface area contributed by atoms with Crippen molar-refractivity contribution in [2.45, 2.75) is 17.6 Å². The van der Waals surface area contributed by atoms with Crippen molar-refractivity contribution < 1.29 is 31.1 Å². The summed E-state index contributed by atoms with van der Waals surface area (Å²) >= 11 is 0.934. The molecule has 0 unspecified atom stereocenters. The zero-order valence-electron chi connectivity index (χ0n) is 15.0. The van der Waals surface area contributed by atoms with Gasteiger partial charge in [-0.15, -0.1) is 10.2 Å². The summed E-state index contributed by atoms with van der Waals surface area (Å²) in [5.41, 5.74) is -0.815. The normalized spacial score (nSPS) is 12.2. The molecule has 3 aromatic rings. The second-order valence-electron chi connectivity index (χ2n) is 5.86. The molecule has 0 aliphatic rings. The Hall–Kier alpha value is -2.80. The fourth-order valence-electron chi connectivity index (χ4n) is 2.34. The van der Waals surface area contributed by atoms with Gasteiger partial charge in [0.15, 0.2) is 20.5 Å². The first-order valence-electron chi connectivity index (χ1n) is 7.85. The van der Waals surface area contributed by atoms with E-state index >= 15 is 0 Å². The molecule has 8 nitrogen and oxygen atoms in total. The molecule has 0 aliphatic carbocycles. The highest BCUT2D eigenvalue weighted by atomic mass is 32.2. The van der Waals surface area contributed by atoms with Crippen LogP contribution in [0.2, 0.25) is 0 Å². The second kappa shape index (κ2) is 7.55. The van der Waals surface area contributed by atoms with E-state index in [1.54, 1.807) is 6.07 Å². The molecule has 13 heteroatoms. The van der Waals surface area contributed by atoms with Gasteiger partial charge in [-0.25, -0.2) is 8.42 Å². The molecule has 0 atom stereocenters. The molecule has 0 bridgehead atoms. The van der Waals surface area contributed by atoms with Crippen LogP contribution < -0.4 is 0 Å². The molecule has 2 aromatic heterocycles. The number of sulfone groups is 1. The molecule has 0 fully saturated rings. The zero-order chi connectivity index (χ0) is 21.4. The van der Waals surface area contributed by atoms with Gasteiger partial charge in [-0.2, -0.15) is 18.3 Å². The molecule has 154 valence electrons. The Morgan fingerprint density at radius 1 is 1.21 bits per heavy atom. The number of carbonyl (C=O) groups is 1. The number of rotatable bonds is 5. The van der Waals surface area contributed by atoms with Gasteiger partial charge in [-0.05, 0) is 18.2 Å². The first-order chi connectivity index (χ1) is 13.5. The van der Waals surface area contributed by atoms with Gasteiger partial charge in [0, 0.05) is 11.8 Å². The Balaban J connectivity index is 2.04. The smallest absolute Gasteiger partial charge is 0.435 e. The van der Waals surface area contributed by atoms with Crippen LogP contribution in [0, 0.1) is 0 Å². The fraction of sp³-hybridized carbons (Fsp3) is 0.250. The lowest BCUT2D eigenvalue weighted by atomic mass is 10.2. The fourth-order valence-corrected chi connectivity index (χ4v) is 3.86. The number of hydrogen-bond donors (Lipinski definition) is 0. The maximum atomic E-state index is 13.1. The standard InChI is InChI=1S/C16H13F3N4O4S2/c1-27-13(24)8-23-11(7-12(22-23)16(17,18)19)15-21-20-14(28-15)9-4-3-5-10(6-9)29(2,25)26/h3-7H,8H2,1-2H3. The molecule has 0 N–H and O–H groups in total. The molecule has 29 heavy (non-hydrogen) atoms. The zero-order valence-corrected chi connectivity index (χ0v) is 16.6. The van der Waals surface area contributed by atoms with E-state index in [1.165, 1.54) is 18.2 Å². The van der Waals surface area contributed by atoms with Gasteiger partial charge in [-0.3, -0.25) is 9.48 Å². The number of nitrogens with zero attached hydrogens (tertiary/aromatic N) is 4. The lowest BCUT2D eigenvalue weighted by Crippen LogP contribution is -2.15. The van der Waals surface area contributed by atoms with Crippen LogP contribution in [0.15, 0.2) is 35.2 Å². The number of aromatic nitrogens is 4. The van der Waals surface area contributed by atoms with Crippen molar-refractivity contribution in [3.8, 4) is 21.3 Å². The van der Waals surface area contributed by atoms with Crippen LogP contribution in [0.1, 0.15) is 5.69 Å². The molecule has 0 radical (unpaired) electrons. The van der Waals surface area contributed by atoms with Gasteiger partial charge in [0.05, 0.1) is 12.0 Å². The predicted octanol–water partition coefficient (Wildman–Crippen LogP) is 2.66. The van der Waals surface area contributed by atoms with Crippen LogP contribution >= 0.6 is 11.3 Å². The van der Waals surface area contributed by atoms with Crippen molar-refractivity contribution in [2.24, 2.45) is 0 Å². The molecular weight excluding hydrogens is 433 g/mol. The minimum absolute atomic E-state index is 0.0641. The van der Waals surface area contributed by atoms with Crippen molar-refractivity contribution in [2.75, 3.05) is 13.4 Å². The average Bonchev–Trinajstić information content (AvgIpc) is 3.27. The van der Waals surface area contributed by atoms with E-state index in [1.807, 2.05) is 0 Å². The summed E-state index contributed by atoms with van der Waals surface area (Å²) in [4.78, 5) is 11.6. The van der Waals surface area contributed by atoms with Gasteiger partial charge < -0.3 is 4.74 Å². The summed E-state index contributed by atoms with van der Waals surface area (Å²) in [6, 6.07) is 6.70. The predicted molar refractivity (Wildman–Crippen MR) is 96.7 cm³/mol. The minimum Gasteiger partial charge on any atom is -0.468 e. The van der Waals surface area contributed by atoms with E-state index in [4.69, 9.17) is 0 Å². The van der Waals surface area contributed by atoms with Crippen LogP contribution in [0.5, 0.6) is 0 Å². The molecule has 1 aromatic carbocycles. The summed E-state index contributed by atoms with van der Waals surface area (Å²) in [5.74, 6) is -0.784.